The molecule has 2 aromatic rings. The Morgan fingerprint density at radius 3 is 1.29 bits per heavy atom. The number of hydrogen-bond donors (Lipinski definition) is 0. The van der Waals surface area contributed by atoms with Crippen LogP contribution in [0.3, 0.4) is 0 Å². The van der Waals surface area contributed by atoms with Gasteiger partial charge >= 0.3 is 0 Å². The van der Waals surface area contributed by atoms with Gasteiger partial charge in [0.15, 0.2) is 0 Å². The molecule has 0 saturated carbocycles. The van der Waals surface area contributed by atoms with Gasteiger partial charge in [0.2, 0.25) is 0 Å². The maximum absolute atomic E-state index is 10.5. The highest BCUT2D eigenvalue weighted by Gasteiger charge is 1.97. The molecule has 0 aliphatic carbocycles. The Labute approximate surface area is 99.9 Å². The van der Waals surface area contributed by atoms with Crippen LogP contribution in [-0.2, 0) is 6.42 Å². The first-order valence-electron chi connectivity index (χ1n) is 5.40. The van der Waals surface area contributed by atoms with Crippen LogP contribution in [0.15, 0.2) is 48.5 Å². The van der Waals surface area contributed by atoms with Crippen molar-refractivity contribution in [2.75, 3.05) is 0 Å². The zero-order chi connectivity index (χ0) is 12.1. The van der Waals surface area contributed by atoms with Crippen LogP contribution >= 0.6 is 0 Å². The summed E-state index contributed by atoms with van der Waals surface area (Å²) in [7, 11) is 0. The lowest BCUT2D eigenvalue weighted by atomic mass is 10.0. The Bertz CT molecular complexity index is 460. The van der Waals surface area contributed by atoms with Gasteiger partial charge in [-0.2, -0.15) is 0 Å². The summed E-state index contributed by atoms with van der Waals surface area (Å²) in [6.45, 7) is 0. The van der Waals surface area contributed by atoms with Gasteiger partial charge in [-0.25, -0.2) is 0 Å². The Morgan fingerprint density at radius 2 is 1.00 bits per heavy atom. The molecule has 0 unspecified atom stereocenters. The SMILES string of the molecule is O=Cc1ccc(Cc2ccc(C=O)cc2)cc1. The third kappa shape index (κ3) is 2.88. The summed E-state index contributed by atoms with van der Waals surface area (Å²) in [5.74, 6) is 0. The predicted octanol–water partition coefficient (Wildman–Crippen LogP) is 2.90. The lowest BCUT2D eigenvalue weighted by Crippen LogP contribution is -1.89. The number of carbonyl (C=O) groups excluding carboxylic acids is 2. The topological polar surface area (TPSA) is 34.1 Å². The summed E-state index contributed by atoms with van der Waals surface area (Å²) in [5, 5.41) is 0. The fraction of sp³-hybridized carbons (Fsp3) is 0.0667. The fourth-order valence-corrected chi connectivity index (χ4v) is 1.66. The van der Waals surface area contributed by atoms with Crippen molar-refractivity contribution in [1.29, 1.82) is 0 Å². The largest absolute Gasteiger partial charge is 0.298 e. The predicted molar refractivity (Wildman–Crippen MR) is 66.5 cm³/mol. The van der Waals surface area contributed by atoms with Crippen LogP contribution in [0.2, 0.25) is 0 Å². The zero-order valence-corrected chi connectivity index (χ0v) is 9.30. The van der Waals surface area contributed by atoms with E-state index in [1.807, 2.05) is 48.5 Å². The first-order valence-corrected chi connectivity index (χ1v) is 5.40. The monoisotopic (exact) mass is 224 g/mol. The Balaban J connectivity index is 2.13. The van der Waals surface area contributed by atoms with Crippen molar-refractivity contribution < 1.29 is 9.59 Å². The van der Waals surface area contributed by atoms with Crippen LogP contribution in [0.5, 0.6) is 0 Å². The van der Waals surface area contributed by atoms with E-state index in [1.165, 1.54) is 0 Å². The summed E-state index contributed by atoms with van der Waals surface area (Å²) >= 11 is 0. The van der Waals surface area contributed by atoms with Crippen molar-refractivity contribution >= 4 is 12.6 Å². The van der Waals surface area contributed by atoms with E-state index in [0.29, 0.717) is 11.1 Å². The number of hydrogen-bond acceptors (Lipinski definition) is 2. The molecular weight excluding hydrogens is 212 g/mol. The minimum atomic E-state index is 0.685. The molecule has 2 aromatic carbocycles. The van der Waals surface area contributed by atoms with E-state index >= 15 is 0 Å². The minimum Gasteiger partial charge on any atom is -0.298 e. The second-order valence-electron chi connectivity index (χ2n) is 3.90. The second kappa shape index (κ2) is 5.21. The van der Waals surface area contributed by atoms with E-state index in [0.717, 1.165) is 30.1 Å². The van der Waals surface area contributed by atoms with Crippen LogP contribution in [0.4, 0.5) is 0 Å². The molecule has 0 aliphatic rings. The van der Waals surface area contributed by atoms with Crippen LogP contribution in [0.25, 0.3) is 0 Å². The van der Waals surface area contributed by atoms with Crippen molar-refractivity contribution in [3.8, 4) is 0 Å². The van der Waals surface area contributed by atoms with E-state index in [-0.39, 0.29) is 0 Å². The molecule has 0 atom stereocenters. The number of rotatable bonds is 4. The maximum atomic E-state index is 10.5. The highest BCUT2D eigenvalue weighted by atomic mass is 16.1. The Morgan fingerprint density at radius 1 is 0.647 bits per heavy atom. The highest BCUT2D eigenvalue weighted by molar-refractivity contribution is 5.75. The van der Waals surface area contributed by atoms with Gasteiger partial charge in [-0.1, -0.05) is 48.5 Å². The quantitative estimate of drug-likeness (QED) is 0.748. The maximum Gasteiger partial charge on any atom is 0.150 e. The molecule has 0 amide bonds. The van der Waals surface area contributed by atoms with Gasteiger partial charge in [-0.05, 0) is 17.5 Å². The summed E-state index contributed by atoms with van der Waals surface area (Å²) < 4.78 is 0. The molecule has 2 nitrogen and oxygen atoms in total. The smallest absolute Gasteiger partial charge is 0.150 e. The number of benzene rings is 2. The molecule has 2 rings (SSSR count). The van der Waals surface area contributed by atoms with Crippen LogP contribution in [-0.4, -0.2) is 12.6 Å². The van der Waals surface area contributed by atoms with Gasteiger partial charge in [0, 0.05) is 11.1 Å². The first-order chi connectivity index (χ1) is 8.31. The molecule has 0 aliphatic heterocycles. The molecule has 17 heavy (non-hydrogen) atoms. The van der Waals surface area contributed by atoms with Gasteiger partial charge < -0.3 is 0 Å². The Kier molecular flexibility index (Phi) is 3.46. The average Bonchev–Trinajstić information content (AvgIpc) is 2.40. The van der Waals surface area contributed by atoms with Gasteiger partial charge in [0.25, 0.3) is 0 Å². The lowest BCUT2D eigenvalue weighted by molar-refractivity contribution is 0.111. The molecule has 0 heterocycles. The summed E-state index contributed by atoms with van der Waals surface area (Å²) in [6.07, 6.45) is 2.48. The van der Waals surface area contributed by atoms with E-state index in [9.17, 15) is 9.59 Å². The molecule has 0 spiro atoms. The highest BCUT2D eigenvalue weighted by Crippen LogP contribution is 2.11. The van der Waals surface area contributed by atoms with E-state index in [1.54, 1.807) is 0 Å². The normalized spacial score (nSPS) is 9.88. The van der Waals surface area contributed by atoms with Gasteiger partial charge in [0.05, 0.1) is 0 Å². The van der Waals surface area contributed by atoms with Crippen molar-refractivity contribution in [2.24, 2.45) is 0 Å². The third-order valence-corrected chi connectivity index (χ3v) is 2.64. The standard InChI is InChI=1S/C15H12O2/c16-10-14-5-1-12(2-6-14)9-13-3-7-15(11-17)8-4-13/h1-8,10-11H,9H2. The first kappa shape index (κ1) is 11.3. The van der Waals surface area contributed by atoms with E-state index < -0.39 is 0 Å². The van der Waals surface area contributed by atoms with Crippen LogP contribution < -0.4 is 0 Å². The van der Waals surface area contributed by atoms with Crippen LogP contribution in [0, 0.1) is 0 Å². The lowest BCUT2D eigenvalue weighted by Gasteiger charge is -2.02. The molecule has 0 fully saturated rings. The minimum absolute atomic E-state index is 0.685. The molecule has 0 radical (unpaired) electrons. The molecular formula is C15H12O2. The van der Waals surface area contributed by atoms with Gasteiger partial charge in [0.1, 0.15) is 12.6 Å². The number of aldehydes is 2. The molecule has 0 aromatic heterocycles. The van der Waals surface area contributed by atoms with Crippen LogP contribution in [0.1, 0.15) is 31.8 Å². The third-order valence-electron chi connectivity index (χ3n) is 2.64. The molecule has 0 saturated heterocycles. The fourth-order valence-electron chi connectivity index (χ4n) is 1.66. The van der Waals surface area contributed by atoms with Crippen molar-refractivity contribution in [2.45, 2.75) is 6.42 Å². The summed E-state index contributed by atoms with van der Waals surface area (Å²) in [5.41, 5.74) is 3.67. The molecule has 84 valence electrons. The Hall–Kier alpha value is -2.22. The number of carbonyl (C=O) groups is 2. The van der Waals surface area contributed by atoms with E-state index in [4.69, 9.17) is 0 Å². The van der Waals surface area contributed by atoms with E-state index in [2.05, 4.69) is 0 Å². The summed E-state index contributed by atoms with van der Waals surface area (Å²) in [4.78, 5) is 21.0. The summed E-state index contributed by atoms with van der Waals surface area (Å²) in [6, 6.07) is 15.0. The zero-order valence-electron chi connectivity index (χ0n) is 9.30. The molecule has 2 heteroatoms. The van der Waals surface area contributed by atoms with Crippen molar-refractivity contribution in [1.82, 2.24) is 0 Å². The molecule has 0 N–H and O–H groups in total. The second-order valence-corrected chi connectivity index (χ2v) is 3.90. The van der Waals surface area contributed by atoms with Gasteiger partial charge in [-0.3, -0.25) is 9.59 Å². The van der Waals surface area contributed by atoms with Crippen molar-refractivity contribution in [3.63, 3.8) is 0 Å². The van der Waals surface area contributed by atoms with Gasteiger partial charge in [-0.15, -0.1) is 0 Å². The average molecular weight is 224 g/mol. The van der Waals surface area contributed by atoms with Crippen molar-refractivity contribution in [3.05, 3.63) is 70.8 Å². The molecule has 0 bridgehead atoms.